The number of furan rings is 1. The molecule has 0 bridgehead atoms. The van der Waals surface area contributed by atoms with Crippen LogP contribution in [0, 0.1) is 19.7 Å². The first kappa shape index (κ1) is 18.4. The number of aryl methyl sites for hydroxylation is 2. The molecule has 0 saturated heterocycles. The van der Waals surface area contributed by atoms with Crippen molar-refractivity contribution in [1.29, 1.82) is 0 Å². The average Bonchev–Trinajstić information content (AvgIpc) is 2.85. The van der Waals surface area contributed by atoms with E-state index >= 15 is 0 Å². The standard InChI is InChI=1S/C16H20FNO5S/c1-10-8-13(11(2)23-10)15(19)6-7-18-24(20,21)12-4-5-16(22-3)14(17)9-12/h4-5,8-9,15,18-19H,6-7H2,1-3H3. The number of sulfonamides is 1. The molecule has 2 rings (SSSR count). The lowest BCUT2D eigenvalue weighted by Crippen LogP contribution is -2.26. The maximum absolute atomic E-state index is 13.6. The van der Waals surface area contributed by atoms with E-state index in [1.807, 2.05) is 0 Å². The molecule has 0 saturated carbocycles. The normalized spacial score (nSPS) is 13.0. The third-order valence-electron chi connectivity index (χ3n) is 3.58. The lowest BCUT2D eigenvalue weighted by atomic mass is 10.1. The van der Waals surface area contributed by atoms with Gasteiger partial charge in [0.1, 0.15) is 11.5 Å². The molecule has 8 heteroatoms. The summed E-state index contributed by atoms with van der Waals surface area (Å²) in [7, 11) is -2.57. The number of ether oxygens (including phenoxy) is 1. The number of nitrogens with one attached hydrogen (secondary N) is 1. The molecule has 0 aliphatic rings. The maximum atomic E-state index is 13.6. The Morgan fingerprint density at radius 2 is 2.04 bits per heavy atom. The van der Waals surface area contributed by atoms with E-state index in [0.29, 0.717) is 17.1 Å². The molecular formula is C16H20FNO5S. The molecule has 1 heterocycles. The van der Waals surface area contributed by atoms with Crippen molar-refractivity contribution in [3.05, 3.63) is 47.2 Å². The monoisotopic (exact) mass is 357 g/mol. The third-order valence-corrected chi connectivity index (χ3v) is 5.04. The zero-order valence-corrected chi connectivity index (χ0v) is 14.5. The molecule has 132 valence electrons. The van der Waals surface area contributed by atoms with Crippen LogP contribution in [0.15, 0.2) is 33.6 Å². The summed E-state index contributed by atoms with van der Waals surface area (Å²) in [5, 5.41) is 10.1. The van der Waals surface area contributed by atoms with Crippen LogP contribution >= 0.6 is 0 Å². The van der Waals surface area contributed by atoms with Gasteiger partial charge in [-0.3, -0.25) is 0 Å². The number of hydrogen-bond donors (Lipinski definition) is 2. The van der Waals surface area contributed by atoms with Crippen molar-refractivity contribution in [2.24, 2.45) is 0 Å². The van der Waals surface area contributed by atoms with E-state index in [1.165, 1.54) is 19.2 Å². The van der Waals surface area contributed by atoms with E-state index in [0.717, 1.165) is 6.07 Å². The molecule has 24 heavy (non-hydrogen) atoms. The first-order chi connectivity index (χ1) is 11.2. The lowest BCUT2D eigenvalue weighted by molar-refractivity contribution is 0.167. The number of aliphatic hydroxyl groups is 1. The number of rotatable bonds is 7. The van der Waals surface area contributed by atoms with Gasteiger partial charge in [-0.15, -0.1) is 0 Å². The molecule has 0 aliphatic heterocycles. The summed E-state index contributed by atoms with van der Waals surface area (Å²) in [6.07, 6.45) is -0.685. The van der Waals surface area contributed by atoms with Crippen LogP contribution in [0.3, 0.4) is 0 Å². The first-order valence-electron chi connectivity index (χ1n) is 7.33. The first-order valence-corrected chi connectivity index (χ1v) is 8.81. The van der Waals surface area contributed by atoms with Gasteiger partial charge in [-0.05, 0) is 44.5 Å². The van der Waals surface area contributed by atoms with Gasteiger partial charge < -0.3 is 14.3 Å². The van der Waals surface area contributed by atoms with Crippen LogP contribution in [0.25, 0.3) is 0 Å². The molecule has 2 aromatic rings. The molecule has 0 aliphatic carbocycles. The summed E-state index contributed by atoms with van der Waals surface area (Å²) < 4.78 is 50.4. The summed E-state index contributed by atoms with van der Waals surface area (Å²) in [6, 6.07) is 5.11. The fourth-order valence-electron chi connectivity index (χ4n) is 2.36. The summed E-state index contributed by atoms with van der Waals surface area (Å²) in [4.78, 5) is -0.203. The number of hydrogen-bond acceptors (Lipinski definition) is 5. The van der Waals surface area contributed by atoms with Crippen molar-refractivity contribution in [3.8, 4) is 5.75 Å². The van der Waals surface area contributed by atoms with E-state index in [-0.39, 0.29) is 23.6 Å². The van der Waals surface area contributed by atoms with Crippen molar-refractivity contribution in [2.45, 2.75) is 31.3 Å². The highest BCUT2D eigenvalue weighted by Gasteiger charge is 2.19. The quantitative estimate of drug-likeness (QED) is 0.795. The lowest BCUT2D eigenvalue weighted by Gasteiger charge is -2.11. The van der Waals surface area contributed by atoms with Gasteiger partial charge in [0, 0.05) is 12.1 Å². The molecule has 0 radical (unpaired) electrons. The van der Waals surface area contributed by atoms with Crippen molar-refractivity contribution < 1.29 is 27.1 Å². The number of halogens is 1. The second-order valence-corrected chi connectivity index (χ2v) is 7.13. The highest BCUT2D eigenvalue weighted by atomic mass is 32.2. The third kappa shape index (κ3) is 4.14. The van der Waals surface area contributed by atoms with Crippen molar-refractivity contribution in [2.75, 3.05) is 13.7 Å². The molecule has 1 aromatic heterocycles. The predicted octanol–water partition coefficient (Wildman–Crippen LogP) is 2.45. The van der Waals surface area contributed by atoms with Gasteiger partial charge in [0.15, 0.2) is 11.6 Å². The van der Waals surface area contributed by atoms with Crippen molar-refractivity contribution in [1.82, 2.24) is 4.72 Å². The smallest absolute Gasteiger partial charge is 0.240 e. The predicted molar refractivity (Wildman–Crippen MR) is 85.9 cm³/mol. The Labute approximate surface area is 140 Å². The van der Waals surface area contributed by atoms with Gasteiger partial charge in [-0.2, -0.15) is 0 Å². The molecule has 0 amide bonds. The van der Waals surface area contributed by atoms with E-state index in [4.69, 9.17) is 9.15 Å². The molecule has 1 aromatic carbocycles. The molecule has 0 fully saturated rings. The van der Waals surface area contributed by atoms with Gasteiger partial charge in [-0.25, -0.2) is 17.5 Å². The highest BCUT2D eigenvalue weighted by molar-refractivity contribution is 7.89. The molecular weight excluding hydrogens is 337 g/mol. The second-order valence-electron chi connectivity index (χ2n) is 5.37. The van der Waals surface area contributed by atoms with Crippen LogP contribution in [0.4, 0.5) is 4.39 Å². The molecule has 2 N–H and O–H groups in total. The summed E-state index contributed by atoms with van der Waals surface area (Å²) in [6.45, 7) is 3.50. The van der Waals surface area contributed by atoms with Crippen LogP contribution in [0.1, 0.15) is 29.6 Å². The number of aliphatic hydroxyl groups excluding tert-OH is 1. The van der Waals surface area contributed by atoms with Crippen molar-refractivity contribution >= 4 is 10.0 Å². The Morgan fingerprint density at radius 3 is 2.58 bits per heavy atom. The number of methoxy groups -OCH3 is 1. The Morgan fingerprint density at radius 1 is 1.33 bits per heavy atom. The van der Waals surface area contributed by atoms with Gasteiger partial charge >= 0.3 is 0 Å². The summed E-state index contributed by atoms with van der Waals surface area (Å²) in [5.41, 5.74) is 0.627. The highest BCUT2D eigenvalue weighted by Crippen LogP contribution is 2.24. The van der Waals surface area contributed by atoms with Gasteiger partial charge in [0.05, 0.1) is 18.1 Å². The van der Waals surface area contributed by atoms with E-state index in [1.54, 1.807) is 19.9 Å². The van der Waals surface area contributed by atoms with Crippen molar-refractivity contribution in [3.63, 3.8) is 0 Å². The van der Waals surface area contributed by atoms with Gasteiger partial charge in [0.25, 0.3) is 0 Å². The second kappa shape index (κ2) is 7.33. The van der Waals surface area contributed by atoms with E-state index < -0.39 is 21.9 Å². The van der Waals surface area contributed by atoms with E-state index in [9.17, 15) is 17.9 Å². The zero-order valence-electron chi connectivity index (χ0n) is 13.7. The minimum absolute atomic E-state index is 0.000809. The van der Waals surface area contributed by atoms with Crippen LogP contribution in [0.2, 0.25) is 0 Å². The topological polar surface area (TPSA) is 88.8 Å². The van der Waals surface area contributed by atoms with Crippen LogP contribution in [-0.2, 0) is 10.0 Å². The Bertz CT molecular complexity index is 816. The fraction of sp³-hybridized carbons (Fsp3) is 0.375. The Hall–Kier alpha value is -1.90. The van der Waals surface area contributed by atoms with Crippen LogP contribution in [0.5, 0.6) is 5.75 Å². The molecule has 1 atom stereocenters. The largest absolute Gasteiger partial charge is 0.494 e. The van der Waals surface area contributed by atoms with Crippen LogP contribution in [-0.4, -0.2) is 27.2 Å². The Balaban J connectivity index is 2.00. The van der Waals surface area contributed by atoms with E-state index in [2.05, 4.69) is 4.72 Å². The summed E-state index contributed by atoms with van der Waals surface area (Å²) >= 11 is 0. The molecule has 1 unspecified atom stereocenters. The maximum Gasteiger partial charge on any atom is 0.240 e. The fourth-order valence-corrected chi connectivity index (χ4v) is 3.42. The van der Waals surface area contributed by atoms with Gasteiger partial charge in [0.2, 0.25) is 10.0 Å². The minimum Gasteiger partial charge on any atom is -0.494 e. The van der Waals surface area contributed by atoms with Gasteiger partial charge in [-0.1, -0.05) is 0 Å². The average molecular weight is 357 g/mol. The Kier molecular flexibility index (Phi) is 5.63. The van der Waals surface area contributed by atoms with Crippen LogP contribution < -0.4 is 9.46 Å². The molecule has 0 spiro atoms. The SMILES string of the molecule is COc1ccc(S(=O)(=O)NCCC(O)c2cc(C)oc2C)cc1F. The zero-order chi connectivity index (χ0) is 17.9. The molecule has 6 nitrogen and oxygen atoms in total. The summed E-state index contributed by atoms with van der Waals surface area (Å²) in [5.74, 6) is 0.482. The minimum atomic E-state index is -3.87. The number of benzene rings is 1.